The van der Waals surface area contributed by atoms with Gasteiger partial charge < -0.3 is 14.7 Å². The Morgan fingerprint density at radius 2 is 1.96 bits per heavy atom. The number of nitrogens with one attached hydrogen (secondary N) is 1. The lowest BCUT2D eigenvalue weighted by Crippen LogP contribution is -2.35. The molecule has 0 aliphatic carbocycles. The number of carbonyl (C=O) groups is 2. The van der Waals surface area contributed by atoms with E-state index in [4.69, 9.17) is 4.52 Å². The van der Waals surface area contributed by atoms with Gasteiger partial charge in [0.1, 0.15) is 11.3 Å². The normalized spacial score (nSPS) is 10.4. The Morgan fingerprint density at radius 3 is 2.57 bits per heavy atom. The highest BCUT2D eigenvalue weighted by Gasteiger charge is 2.22. The van der Waals surface area contributed by atoms with Crippen LogP contribution in [0.3, 0.4) is 0 Å². The van der Waals surface area contributed by atoms with Gasteiger partial charge >= 0.3 is 0 Å². The molecule has 2 amide bonds. The molecule has 0 aliphatic rings. The zero-order valence-electron chi connectivity index (χ0n) is 13.8. The Bertz CT molecular complexity index is 702. The van der Waals surface area contributed by atoms with Crippen LogP contribution in [0.25, 0.3) is 0 Å². The number of amides is 2. The van der Waals surface area contributed by atoms with Crippen LogP contribution in [0.1, 0.15) is 34.3 Å². The van der Waals surface area contributed by atoms with Gasteiger partial charge in [0.05, 0.1) is 12.2 Å². The highest BCUT2D eigenvalue weighted by molar-refractivity contribution is 6.00. The van der Waals surface area contributed by atoms with Gasteiger partial charge in [-0.25, -0.2) is 0 Å². The maximum absolute atomic E-state index is 12.4. The van der Waals surface area contributed by atoms with Gasteiger partial charge in [0, 0.05) is 12.7 Å². The fourth-order valence-corrected chi connectivity index (χ4v) is 2.41. The summed E-state index contributed by atoms with van der Waals surface area (Å²) in [5.41, 5.74) is 2.77. The molecule has 0 aliphatic heterocycles. The lowest BCUT2D eigenvalue weighted by molar-refractivity contribution is -0.116. The van der Waals surface area contributed by atoms with E-state index in [-0.39, 0.29) is 18.4 Å². The number of para-hydroxylation sites is 1. The number of aromatic nitrogens is 1. The molecule has 2 rings (SSSR count). The van der Waals surface area contributed by atoms with Crippen LogP contribution >= 0.6 is 0 Å². The molecule has 0 unspecified atom stereocenters. The van der Waals surface area contributed by atoms with Crippen molar-refractivity contribution < 1.29 is 14.1 Å². The van der Waals surface area contributed by atoms with Crippen molar-refractivity contribution in [2.75, 3.05) is 18.9 Å². The van der Waals surface area contributed by atoms with Crippen molar-refractivity contribution in [3.63, 3.8) is 0 Å². The molecule has 0 fully saturated rings. The second-order valence-electron chi connectivity index (χ2n) is 5.42. The third-order valence-electron chi connectivity index (χ3n) is 3.65. The van der Waals surface area contributed by atoms with Crippen molar-refractivity contribution in [3.8, 4) is 0 Å². The van der Waals surface area contributed by atoms with Crippen molar-refractivity contribution in [2.45, 2.75) is 27.2 Å². The standard InChI is InChI=1S/C17H21N3O3/c1-5-13-8-6-7-9-14(13)18-15(21)10-20(4)17(22)16-11(2)19-23-12(16)3/h6-9H,5,10H2,1-4H3,(H,18,21). The molecule has 6 heteroatoms. The minimum Gasteiger partial charge on any atom is -0.361 e. The minimum absolute atomic E-state index is 0.0407. The molecular weight excluding hydrogens is 294 g/mol. The molecule has 122 valence electrons. The summed E-state index contributed by atoms with van der Waals surface area (Å²) in [7, 11) is 1.58. The van der Waals surface area contributed by atoms with E-state index in [1.807, 2.05) is 31.2 Å². The zero-order valence-corrected chi connectivity index (χ0v) is 13.8. The summed E-state index contributed by atoms with van der Waals surface area (Å²) < 4.78 is 5.00. The smallest absolute Gasteiger partial charge is 0.259 e. The van der Waals surface area contributed by atoms with Crippen LogP contribution < -0.4 is 5.32 Å². The van der Waals surface area contributed by atoms with Gasteiger partial charge in [-0.1, -0.05) is 30.3 Å². The van der Waals surface area contributed by atoms with Crippen LogP contribution in [-0.2, 0) is 11.2 Å². The van der Waals surface area contributed by atoms with E-state index < -0.39 is 0 Å². The zero-order chi connectivity index (χ0) is 17.0. The van der Waals surface area contributed by atoms with Crippen LogP contribution in [-0.4, -0.2) is 35.5 Å². The predicted molar refractivity (Wildman–Crippen MR) is 87.4 cm³/mol. The summed E-state index contributed by atoms with van der Waals surface area (Å²) in [4.78, 5) is 26.0. The lowest BCUT2D eigenvalue weighted by Gasteiger charge is -2.17. The number of hydrogen-bond acceptors (Lipinski definition) is 4. The van der Waals surface area contributed by atoms with E-state index in [1.165, 1.54) is 4.90 Å². The van der Waals surface area contributed by atoms with Crippen molar-refractivity contribution in [2.24, 2.45) is 0 Å². The second kappa shape index (κ2) is 7.09. The maximum Gasteiger partial charge on any atom is 0.259 e. The average Bonchev–Trinajstić information content (AvgIpc) is 2.85. The monoisotopic (exact) mass is 315 g/mol. The number of carbonyl (C=O) groups excluding carboxylic acids is 2. The van der Waals surface area contributed by atoms with E-state index in [1.54, 1.807) is 20.9 Å². The molecule has 2 aromatic rings. The topological polar surface area (TPSA) is 75.4 Å². The van der Waals surface area contributed by atoms with Gasteiger partial charge in [-0.2, -0.15) is 0 Å². The highest BCUT2D eigenvalue weighted by Crippen LogP contribution is 2.16. The largest absolute Gasteiger partial charge is 0.361 e. The number of hydrogen-bond donors (Lipinski definition) is 1. The van der Waals surface area contributed by atoms with Crippen molar-refractivity contribution in [3.05, 3.63) is 46.8 Å². The number of benzene rings is 1. The van der Waals surface area contributed by atoms with Gasteiger partial charge in [0.15, 0.2) is 0 Å². The number of anilines is 1. The highest BCUT2D eigenvalue weighted by atomic mass is 16.5. The number of likely N-dealkylation sites (N-methyl/N-ethyl adjacent to an activating group) is 1. The molecule has 6 nitrogen and oxygen atoms in total. The Kier molecular flexibility index (Phi) is 5.16. The minimum atomic E-state index is -0.278. The van der Waals surface area contributed by atoms with Crippen molar-refractivity contribution in [1.82, 2.24) is 10.1 Å². The average molecular weight is 315 g/mol. The van der Waals surface area contributed by atoms with Crippen LogP contribution in [0.5, 0.6) is 0 Å². The molecule has 1 aromatic heterocycles. The van der Waals surface area contributed by atoms with Crippen LogP contribution in [0.2, 0.25) is 0 Å². The van der Waals surface area contributed by atoms with Gasteiger partial charge in [-0.15, -0.1) is 0 Å². The third kappa shape index (κ3) is 3.77. The predicted octanol–water partition coefficient (Wildman–Crippen LogP) is 2.56. The SMILES string of the molecule is CCc1ccccc1NC(=O)CN(C)C(=O)c1c(C)noc1C. The number of rotatable bonds is 5. The molecule has 0 spiro atoms. The molecule has 0 radical (unpaired) electrons. The van der Waals surface area contributed by atoms with Crippen LogP contribution in [0, 0.1) is 13.8 Å². The van der Waals surface area contributed by atoms with Crippen molar-refractivity contribution in [1.29, 1.82) is 0 Å². The van der Waals surface area contributed by atoms with Gasteiger partial charge in [-0.05, 0) is 31.9 Å². The van der Waals surface area contributed by atoms with E-state index >= 15 is 0 Å². The fraction of sp³-hybridized carbons (Fsp3) is 0.353. The van der Waals surface area contributed by atoms with E-state index in [2.05, 4.69) is 10.5 Å². The lowest BCUT2D eigenvalue weighted by atomic mass is 10.1. The first kappa shape index (κ1) is 16.7. The molecule has 1 aromatic carbocycles. The Labute approximate surface area is 135 Å². The maximum atomic E-state index is 12.4. The van der Waals surface area contributed by atoms with E-state index in [0.717, 1.165) is 17.7 Å². The molecule has 0 bridgehead atoms. The summed E-state index contributed by atoms with van der Waals surface area (Å²) in [6.07, 6.45) is 0.824. The Balaban J connectivity index is 2.04. The summed E-state index contributed by atoms with van der Waals surface area (Å²) >= 11 is 0. The quantitative estimate of drug-likeness (QED) is 0.920. The summed E-state index contributed by atoms with van der Waals surface area (Å²) in [5, 5.41) is 6.62. The second-order valence-corrected chi connectivity index (χ2v) is 5.42. The summed E-state index contributed by atoms with van der Waals surface area (Å²) in [5.74, 6) is -0.0650. The molecule has 1 heterocycles. The van der Waals surface area contributed by atoms with Crippen LogP contribution in [0.15, 0.2) is 28.8 Å². The van der Waals surface area contributed by atoms with Gasteiger partial charge in [0.25, 0.3) is 5.91 Å². The molecule has 23 heavy (non-hydrogen) atoms. The third-order valence-corrected chi connectivity index (χ3v) is 3.65. The van der Waals surface area contributed by atoms with Gasteiger partial charge in [-0.3, -0.25) is 9.59 Å². The molecule has 0 atom stereocenters. The first-order valence-corrected chi connectivity index (χ1v) is 7.50. The summed E-state index contributed by atoms with van der Waals surface area (Å²) in [6, 6.07) is 7.62. The molecule has 1 N–H and O–H groups in total. The Morgan fingerprint density at radius 1 is 1.26 bits per heavy atom. The van der Waals surface area contributed by atoms with E-state index in [0.29, 0.717) is 17.0 Å². The molecule has 0 saturated heterocycles. The fourth-order valence-electron chi connectivity index (χ4n) is 2.41. The first-order chi connectivity index (χ1) is 10.9. The Hall–Kier alpha value is -2.63. The number of nitrogens with zero attached hydrogens (tertiary/aromatic N) is 2. The number of aryl methyl sites for hydroxylation is 3. The summed E-state index contributed by atoms with van der Waals surface area (Å²) in [6.45, 7) is 5.37. The molecule has 0 saturated carbocycles. The molecular formula is C17H21N3O3. The van der Waals surface area contributed by atoms with E-state index in [9.17, 15) is 9.59 Å². The first-order valence-electron chi connectivity index (χ1n) is 7.50. The van der Waals surface area contributed by atoms with Gasteiger partial charge in [0.2, 0.25) is 5.91 Å². The van der Waals surface area contributed by atoms with Crippen molar-refractivity contribution >= 4 is 17.5 Å². The van der Waals surface area contributed by atoms with Crippen LogP contribution in [0.4, 0.5) is 5.69 Å².